The van der Waals surface area contributed by atoms with E-state index in [0.717, 1.165) is 61.8 Å². The lowest BCUT2D eigenvalue weighted by molar-refractivity contribution is 0.375. The quantitative estimate of drug-likeness (QED) is 0.126. The van der Waals surface area contributed by atoms with Crippen LogP contribution in [0.25, 0.3) is 76.5 Å². The molecule has 0 aliphatic heterocycles. The predicted octanol–water partition coefficient (Wildman–Crippen LogP) is 33.2. The van der Waals surface area contributed by atoms with Crippen LogP contribution < -0.4 is 18.1 Å². The number of rotatable bonds is 11. The van der Waals surface area contributed by atoms with E-state index >= 15 is 0 Å². The zero-order valence-corrected chi connectivity index (χ0v) is 81.8. The number of benzene rings is 11. The molecule has 0 fully saturated rings. The van der Waals surface area contributed by atoms with Crippen LogP contribution in [0.2, 0.25) is 0 Å². The van der Waals surface area contributed by atoms with Gasteiger partial charge in [0.05, 0.1) is 0 Å². The Hall–Kier alpha value is -7.56. The molecular formula is C110H146O6P2. The molecule has 0 aliphatic carbocycles. The van der Waals surface area contributed by atoms with Gasteiger partial charge in [0.25, 0.3) is 0 Å². The molecule has 0 radical (unpaired) electrons. The fraction of sp³-hybridized carbons (Fsp3) is 0.473. The molecule has 11 rings (SSSR count). The second-order valence-corrected chi connectivity index (χ2v) is 49.0. The summed E-state index contributed by atoms with van der Waals surface area (Å²) < 4.78 is 27.7. The minimum Gasteiger partial charge on any atom is -0.426 e. The molecule has 8 heteroatoms. The van der Waals surface area contributed by atoms with E-state index in [-0.39, 0.29) is 70.4 Å². The lowest BCUT2D eigenvalue weighted by atomic mass is 9.72. The Balaban J connectivity index is 0.000000249. The van der Waals surface area contributed by atoms with Gasteiger partial charge in [0.1, 0.15) is 23.0 Å². The normalized spacial score (nSPS) is 13.6. The summed E-state index contributed by atoms with van der Waals surface area (Å²) in [6, 6.07) is 61.1. The van der Waals surface area contributed by atoms with Crippen LogP contribution in [0.5, 0.6) is 23.0 Å². The summed E-state index contributed by atoms with van der Waals surface area (Å²) in [5.74, 6) is 2.75. The van der Waals surface area contributed by atoms with Crippen molar-refractivity contribution in [3.63, 3.8) is 0 Å². The Morgan fingerprint density at radius 2 is 0.517 bits per heavy atom. The molecule has 11 aromatic carbocycles. The Kier molecular flexibility index (Phi) is 25.2. The van der Waals surface area contributed by atoms with Crippen molar-refractivity contribution in [2.75, 3.05) is 0 Å². The first kappa shape index (κ1) is 92.7. The van der Waals surface area contributed by atoms with Gasteiger partial charge in [-0.3, -0.25) is 0 Å². The molecule has 0 saturated carbocycles. The predicted molar refractivity (Wildman–Crippen MR) is 516 cm³/mol. The maximum Gasteiger partial charge on any atom is 0.530 e. The lowest BCUT2D eigenvalue weighted by Crippen LogP contribution is -2.19. The second kappa shape index (κ2) is 32.0. The van der Waals surface area contributed by atoms with Crippen molar-refractivity contribution >= 4 is 60.3 Å². The third kappa shape index (κ3) is 20.8. The number of fused-ring (bicyclic) bond motifs is 4. The van der Waals surface area contributed by atoms with E-state index in [1.165, 1.54) is 104 Å². The SMILES string of the molecule is CC(C)(C)c1cc(C(C)(C)C)c2cc(-c3c(OP(O)O)ccc(-c4ccccc4)c3-c3cc4c(C(C)(C)C)cc(C(C)(C)C)cc4cc3C(C)(C)C)c(C(C)(C)C)cc2c1.CC(C)(C)c1cccc(OP(Oc2cc3c(C(C)(C)C)cc(C(C)(C)C)cc3cc2C(C)(C)C)Oc2cc3c(C(C)(C)C)cc(C(C)(C)C)cc3cc2C(C)(C)C)c1. The van der Waals surface area contributed by atoms with Crippen LogP contribution in [0, 0.1) is 0 Å². The van der Waals surface area contributed by atoms with Gasteiger partial charge in [-0.15, -0.1) is 0 Å². The van der Waals surface area contributed by atoms with E-state index < -0.39 is 17.2 Å². The minimum atomic E-state index is -2.74. The Morgan fingerprint density at radius 3 is 0.822 bits per heavy atom. The van der Waals surface area contributed by atoms with Gasteiger partial charge in [-0.25, -0.2) is 0 Å². The van der Waals surface area contributed by atoms with Gasteiger partial charge in [-0.05, 0) is 264 Å². The zero-order chi connectivity index (χ0) is 88.5. The van der Waals surface area contributed by atoms with Crippen molar-refractivity contribution in [3.8, 4) is 56.4 Å². The highest BCUT2D eigenvalue weighted by Gasteiger charge is 2.37. The molecule has 0 aliphatic rings. The molecular weight excluding hydrogens is 1480 g/mol. The van der Waals surface area contributed by atoms with Crippen LogP contribution in [-0.4, -0.2) is 9.79 Å². The van der Waals surface area contributed by atoms with Gasteiger partial charge in [0, 0.05) is 22.3 Å². The lowest BCUT2D eigenvalue weighted by Gasteiger charge is -2.32. The number of hydrogen-bond acceptors (Lipinski definition) is 6. The van der Waals surface area contributed by atoms with Crippen molar-refractivity contribution in [2.45, 2.75) is 340 Å². The van der Waals surface area contributed by atoms with Gasteiger partial charge in [0.2, 0.25) is 0 Å². The summed E-state index contributed by atoms with van der Waals surface area (Å²) >= 11 is 0. The Morgan fingerprint density at radius 1 is 0.212 bits per heavy atom. The van der Waals surface area contributed by atoms with E-state index in [9.17, 15) is 9.79 Å². The fourth-order valence-electron chi connectivity index (χ4n) is 16.3. The highest BCUT2D eigenvalue weighted by atomic mass is 31.2. The van der Waals surface area contributed by atoms with Gasteiger partial charge in [-0.1, -0.05) is 367 Å². The van der Waals surface area contributed by atoms with Gasteiger partial charge in [0.15, 0.2) is 0 Å². The average Bonchev–Trinajstić information content (AvgIpc) is 0.721. The molecule has 0 atom stereocenters. The van der Waals surface area contributed by atoms with Crippen LogP contribution in [0.1, 0.15) is 342 Å². The monoisotopic (exact) mass is 1630 g/mol. The molecule has 0 spiro atoms. The average molecular weight is 1630 g/mol. The third-order valence-corrected chi connectivity index (χ3v) is 24.8. The summed E-state index contributed by atoms with van der Waals surface area (Å²) in [5.41, 5.74) is 20.9. The minimum absolute atomic E-state index is 0.00857. The van der Waals surface area contributed by atoms with Gasteiger partial charge >= 0.3 is 17.2 Å². The van der Waals surface area contributed by atoms with Crippen molar-refractivity contribution < 1.29 is 27.9 Å². The van der Waals surface area contributed by atoms with Crippen LogP contribution >= 0.6 is 17.2 Å². The largest absolute Gasteiger partial charge is 0.530 e. The summed E-state index contributed by atoms with van der Waals surface area (Å²) in [4.78, 5) is 21.4. The molecule has 6 nitrogen and oxygen atoms in total. The highest BCUT2D eigenvalue weighted by Crippen LogP contribution is 2.57. The molecule has 11 aromatic rings. The van der Waals surface area contributed by atoms with Crippen LogP contribution in [0.4, 0.5) is 0 Å². The molecule has 2 N–H and O–H groups in total. The van der Waals surface area contributed by atoms with Crippen LogP contribution in [0.3, 0.4) is 0 Å². The summed E-state index contributed by atoms with van der Waals surface area (Å²) in [5, 5.41) is 9.70. The Bertz CT molecular complexity index is 5420. The number of hydrogen-bond donors (Lipinski definition) is 2. The maximum absolute atomic E-state index is 10.7. The van der Waals surface area contributed by atoms with E-state index in [0.29, 0.717) is 5.75 Å². The molecule has 0 saturated heterocycles. The first-order valence-corrected chi connectivity index (χ1v) is 45.3. The summed E-state index contributed by atoms with van der Waals surface area (Å²) in [6.07, 6.45) is 0. The molecule has 0 bridgehead atoms. The fourth-order valence-corrected chi connectivity index (χ4v) is 17.6. The molecule has 118 heavy (non-hydrogen) atoms. The van der Waals surface area contributed by atoms with Gasteiger partial charge < -0.3 is 27.9 Å². The zero-order valence-electron chi connectivity index (χ0n) is 80.0. The van der Waals surface area contributed by atoms with Crippen LogP contribution in [-0.2, 0) is 70.4 Å². The molecule has 0 heterocycles. The molecule has 0 aromatic heterocycles. The second-order valence-electron chi connectivity index (χ2n) is 47.3. The van der Waals surface area contributed by atoms with Crippen LogP contribution in [0.15, 0.2) is 164 Å². The first-order chi connectivity index (χ1) is 53.5. The maximum atomic E-state index is 10.7. The Labute approximate surface area is 716 Å². The van der Waals surface area contributed by atoms with Crippen molar-refractivity contribution in [3.05, 3.63) is 236 Å². The molecule has 0 unspecified atom stereocenters. The standard InChI is InChI=1S/C56H71O3P.C54H75O3P/c1-51(2,3)37-26-35-28-44(53(7,8)9)42(32-40(35)46(30-37)55(13,14)15)49-39(34-22-20-19-21-23-34)24-25-48(59-60(57)58)50(49)43-33-41-36(29-45(43)54(10,11)12)27-38(52(4,5)6)31-47(41)56(16,17)18;1-48(2,3)36-23-22-24-39(29-36)55-58(56-46-32-40-34(27-44(46)53(16,17)18)25-37(49(4,5)6)30-42(40)51(10,11)12)57-47-33-41-35(28-45(47)54(19,20)21)26-38(50(7,8)9)31-43(41)52(13,14)15/h19-33,57-58H,1-18H3;22-33H,1-21H3. The third-order valence-electron chi connectivity index (χ3n) is 23.4. The topological polar surface area (TPSA) is 77.4 Å². The highest BCUT2D eigenvalue weighted by molar-refractivity contribution is 7.43. The molecule has 632 valence electrons. The van der Waals surface area contributed by atoms with E-state index in [2.05, 4.69) is 422 Å². The van der Waals surface area contributed by atoms with E-state index in [1.807, 2.05) is 12.1 Å². The molecule has 0 amide bonds. The first-order valence-electron chi connectivity index (χ1n) is 43.1. The smallest absolute Gasteiger partial charge is 0.426 e. The van der Waals surface area contributed by atoms with Crippen molar-refractivity contribution in [1.29, 1.82) is 0 Å². The summed E-state index contributed by atoms with van der Waals surface area (Å²) in [6.45, 7) is 89.2. The van der Waals surface area contributed by atoms with E-state index in [1.54, 1.807) is 0 Å². The van der Waals surface area contributed by atoms with Crippen molar-refractivity contribution in [2.24, 2.45) is 0 Å². The van der Waals surface area contributed by atoms with E-state index in [4.69, 9.17) is 18.1 Å². The summed E-state index contributed by atoms with van der Waals surface area (Å²) in [7, 11) is -4.74. The van der Waals surface area contributed by atoms with Gasteiger partial charge in [-0.2, -0.15) is 0 Å². The van der Waals surface area contributed by atoms with Crippen molar-refractivity contribution in [1.82, 2.24) is 0 Å².